The predicted octanol–water partition coefficient (Wildman–Crippen LogP) is 3.38. The molecular formula is C22H17F2N3O4S. The molecule has 2 aromatic carbocycles. The van der Waals surface area contributed by atoms with Crippen molar-refractivity contribution in [1.29, 1.82) is 0 Å². The van der Waals surface area contributed by atoms with Crippen LogP contribution in [0.1, 0.15) is 33.6 Å². The number of nitrogens with zero attached hydrogens (tertiary/aromatic N) is 3. The van der Waals surface area contributed by atoms with E-state index in [0.717, 1.165) is 41.2 Å². The number of ether oxygens (including phenoxy) is 1. The van der Waals surface area contributed by atoms with Crippen LogP contribution in [0.25, 0.3) is 10.2 Å². The highest BCUT2D eigenvalue weighted by Gasteiger charge is 2.38. The number of hydrogen-bond acceptors (Lipinski definition) is 6. The Morgan fingerprint density at radius 2 is 1.91 bits per heavy atom. The van der Waals surface area contributed by atoms with Crippen molar-refractivity contribution in [3.63, 3.8) is 0 Å². The van der Waals surface area contributed by atoms with Crippen LogP contribution in [-0.2, 0) is 9.53 Å². The van der Waals surface area contributed by atoms with Gasteiger partial charge in [0.2, 0.25) is 5.91 Å². The molecule has 0 aliphatic carbocycles. The van der Waals surface area contributed by atoms with Crippen LogP contribution in [0.4, 0.5) is 13.9 Å². The number of anilines is 1. The summed E-state index contributed by atoms with van der Waals surface area (Å²) in [6.07, 6.45) is 1.31. The molecule has 1 saturated heterocycles. The lowest BCUT2D eigenvalue weighted by Crippen LogP contribution is -2.45. The van der Waals surface area contributed by atoms with E-state index >= 15 is 0 Å². The minimum absolute atomic E-state index is 0.0442. The number of hydrogen-bond donors (Lipinski definition) is 0. The van der Waals surface area contributed by atoms with Gasteiger partial charge in [-0.1, -0.05) is 23.5 Å². The summed E-state index contributed by atoms with van der Waals surface area (Å²) in [5.74, 6) is -3.22. The lowest BCUT2D eigenvalue weighted by atomic mass is 10.1. The first-order valence-electron chi connectivity index (χ1n) is 10.0. The smallest absolute Gasteiger partial charge is 0.262 e. The SMILES string of the molecule is O=C1c2ccccc2C(=O)N1CC(=O)N(CC1CCCO1)c1nc2c(F)cc(F)cc2s1. The molecule has 3 heterocycles. The Morgan fingerprint density at radius 3 is 2.56 bits per heavy atom. The molecule has 7 nitrogen and oxygen atoms in total. The van der Waals surface area contributed by atoms with Gasteiger partial charge in [-0.15, -0.1) is 0 Å². The number of thiazole rings is 1. The number of aromatic nitrogens is 1. The van der Waals surface area contributed by atoms with E-state index in [0.29, 0.717) is 6.61 Å². The van der Waals surface area contributed by atoms with Crippen LogP contribution < -0.4 is 4.90 Å². The maximum atomic E-state index is 14.2. The average molecular weight is 457 g/mol. The Hall–Kier alpha value is -3.24. The number of fused-ring (bicyclic) bond motifs is 2. The second-order valence-electron chi connectivity index (χ2n) is 7.61. The summed E-state index contributed by atoms with van der Waals surface area (Å²) in [6, 6.07) is 8.25. The van der Waals surface area contributed by atoms with Crippen LogP contribution >= 0.6 is 11.3 Å². The third-order valence-electron chi connectivity index (χ3n) is 5.52. The van der Waals surface area contributed by atoms with Crippen LogP contribution in [0, 0.1) is 11.6 Å². The van der Waals surface area contributed by atoms with Crippen LogP contribution in [0.15, 0.2) is 36.4 Å². The molecule has 0 saturated carbocycles. The molecular weight excluding hydrogens is 440 g/mol. The van der Waals surface area contributed by atoms with Gasteiger partial charge in [-0.25, -0.2) is 13.8 Å². The largest absolute Gasteiger partial charge is 0.376 e. The summed E-state index contributed by atoms with van der Waals surface area (Å²) >= 11 is 0.962. The monoisotopic (exact) mass is 457 g/mol. The van der Waals surface area contributed by atoms with Crippen molar-refractivity contribution in [2.75, 3.05) is 24.6 Å². The van der Waals surface area contributed by atoms with E-state index < -0.39 is 35.9 Å². The molecule has 1 atom stereocenters. The van der Waals surface area contributed by atoms with E-state index in [2.05, 4.69) is 4.98 Å². The molecule has 0 bridgehead atoms. The van der Waals surface area contributed by atoms with Gasteiger partial charge in [-0.2, -0.15) is 0 Å². The van der Waals surface area contributed by atoms with E-state index in [1.54, 1.807) is 12.1 Å². The standard InChI is InChI=1S/C22H17F2N3O4S/c23-12-8-16(24)19-17(9-12)32-22(25-19)26(10-13-4-3-7-31-13)18(28)11-27-20(29)14-5-1-2-6-15(14)21(27)30/h1-2,5-6,8-9,13H,3-4,7,10-11H2. The number of carbonyl (C=O) groups excluding carboxylic acids is 3. The molecule has 0 spiro atoms. The van der Waals surface area contributed by atoms with E-state index in [1.165, 1.54) is 17.0 Å². The van der Waals surface area contributed by atoms with Crippen LogP contribution in [-0.4, -0.2) is 53.4 Å². The molecule has 0 N–H and O–H groups in total. The van der Waals surface area contributed by atoms with Gasteiger partial charge in [-0.3, -0.25) is 24.2 Å². The molecule has 3 aromatic rings. The lowest BCUT2D eigenvalue weighted by Gasteiger charge is -2.25. The van der Waals surface area contributed by atoms with Gasteiger partial charge in [-0.05, 0) is 31.0 Å². The average Bonchev–Trinajstić information content (AvgIpc) is 3.48. The highest BCUT2D eigenvalue weighted by Crippen LogP contribution is 2.32. The Balaban J connectivity index is 1.46. The van der Waals surface area contributed by atoms with Crippen molar-refractivity contribution in [2.24, 2.45) is 0 Å². The number of benzene rings is 2. The van der Waals surface area contributed by atoms with Gasteiger partial charge in [0.05, 0.1) is 28.5 Å². The fourth-order valence-electron chi connectivity index (χ4n) is 3.94. The van der Waals surface area contributed by atoms with Gasteiger partial charge < -0.3 is 4.74 Å². The van der Waals surface area contributed by atoms with Crippen molar-refractivity contribution < 1.29 is 27.9 Å². The van der Waals surface area contributed by atoms with Crippen molar-refractivity contribution in [1.82, 2.24) is 9.88 Å². The van der Waals surface area contributed by atoms with Crippen molar-refractivity contribution in [3.8, 4) is 0 Å². The number of carbonyl (C=O) groups is 3. The summed E-state index contributed by atoms with van der Waals surface area (Å²) < 4.78 is 33.7. The third kappa shape index (κ3) is 3.55. The first-order chi connectivity index (χ1) is 15.4. The lowest BCUT2D eigenvalue weighted by molar-refractivity contribution is -0.119. The third-order valence-corrected chi connectivity index (χ3v) is 6.54. The molecule has 2 aliphatic heterocycles. The first-order valence-corrected chi connectivity index (χ1v) is 10.9. The fraction of sp³-hybridized carbons (Fsp3) is 0.273. The summed E-state index contributed by atoms with van der Waals surface area (Å²) in [6.45, 7) is 0.197. The minimum Gasteiger partial charge on any atom is -0.376 e. The van der Waals surface area contributed by atoms with Crippen molar-refractivity contribution in [3.05, 3.63) is 59.2 Å². The second-order valence-corrected chi connectivity index (χ2v) is 8.62. The van der Waals surface area contributed by atoms with Gasteiger partial charge in [0.25, 0.3) is 11.8 Å². The molecule has 1 fully saturated rings. The Labute approximate surface area is 185 Å². The number of halogens is 2. The van der Waals surface area contributed by atoms with Gasteiger partial charge in [0.1, 0.15) is 17.9 Å². The predicted molar refractivity (Wildman–Crippen MR) is 113 cm³/mol. The molecule has 1 unspecified atom stereocenters. The van der Waals surface area contributed by atoms with Crippen molar-refractivity contribution >= 4 is 44.4 Å². The van der Waals surface area contributed by atoms with E-state index in [4.69, 9.17) is 4.74 Å². The maximum Gasteiger partial charge on any atom is 0.262 e. The summed E-state index contributed by atoms with van der Waals surface area (Å²) in [5, 5.41) is 0.154. The molecule has 10 heteroatoms. The fourth-order valence-corrected chi connectivity index (χ4v) is 4.97. The first kappa shape index (κ1) is 20.7. The topological polar surface area (TPSA) is 79.8 Å². The van der Waals surface area contributed by atoms with Crippen LogP contribution in [0.2, 0.25) is 0 Å². The van der Waals surface area contributed by atoms with Gasteiger partial charge >= 0.3 is 0 Å². The molecule has 32 heavy (non-hydrogen) atoms. The zero-order chi connectivity index (χ0) is 22.4. The van der Waals surface area contributed by atoms with E-state index in [9.17, 15) is 23.2 Å². The quantitative estimate of drug-likeness (QED) is 0.549. The molecule has 2 aliphatic rings. The molecule has 3 amide bonds. The summed E-state index contributed by atoms with van der Waals surface area (Å²) in [5.41, 5.74) is 0.444. The van der Waals surface area contributed by atoms with Crippen molar-refractivity contribution in [2.45, 2.75) is 18.9 Å². The van der Waals surface area contributed by atoms with Gasteiger partial charge in [0, 0.05) is 12.7 Å². The molecule has 1 aromatic heterocycles. The summed E-state index contributed by atoms with van der Waals surface area (Å²) in [7, 11) is 0. The second kappa shape index (κ2) is 8.03. The van der Waals surface area contributed by atoms with Gasteiger partial charge in [0.15, 0.2) is 10.9 Å². The van der Waals surface area contributed by atoms with E-state index in [-0.39, 0.29) is 39.1 Å². The number of rotatable bonds is 5. The zero-order valence-electron chi connectivity index (χ0n) is 16.7. The normalized spacial score (nSPS) is 17.9. The molecule has 164 valence electrons. The Bertz CT molecular complexity index is 1220. The zero-order valence-corrected chi connectivity index (χ0v) is 17.5. The Kier molecular flexibility index (Phi) is 5.18. The highest BCUT2D eigenvalue weighted by atomic mass is 32.1. The summed E-state index contributed by atoms with van der Waals surface area (Å²) in [4.78, 5) is 45.0. The van der Waals surface area contributed by atoms with Crippen LogP contribution in [0.5, 0.6) is 0 Å². The number of imide groups is 1. The minimum atomic E-state index is -0.827. The van der Waals surface area contributed by atoms with Crippen LogP contribution in [0.3, 0.4) is 0 Å². The highest BCUT2D eigenvalue weighted by molar-refractivity contribution is 7.22. The maximum absolute atomic E-state index is 14.2. The molecule has 5 rings (SSSR count). The molecule has 0 radical (unpaired) electrons. The number of amides is 3. The Morgan fingerprint density at radius 1 is 1.19 bits per heavy atom. The van der Waals surface area contributed by atoms with E-state index in [1.807, 2.05) is 0 Å².